The molecule has 0 radical (unpaired) electrons. The highest BCUT2D eigenvalue weighted by Crippen LogP contribution is 2.21. The van der Waals surface area contributed by atoms with E-state index in [0.717, 1.165) is 6.08 Å². The summed E-state index contributed by atoms with van der Waals surface area (Å²) in [6, 6.07) is 0. The van der Waals surface area contributed by atoms with Crippen LogP contribution in [0.2, 0.25) is 0 Å². The molecule has 1 aliphatic carbocycles. The number of aliphatic hydroxyl groups excluding tert-OH is 1. The van der Waals surface area contributed by atoms with Crippen LogP contribution < -0.4 is 0 Å². The maximum Gasteiger partial charge on any atom is 0.340 e. The van der Waals surface area contributed by atoms with Crippen LogP contribution in [0.5, 0.6) is 0 Å². The van der Waals surface area contributed by atoms with E-state index < -0.39 is 11.6 Å². The van der Waals surface area contributed by atoms with Crippen molar-refractivity contribution in [3.05, 3.63) is 24.0 Å². The van der Waals surface area contributed by atoms with Crippen LogP contribution in [-0.2, 0) is 4.79 Å². The summed E-state index contributed by atoms with van der Waals surface area (Å²) in [6.45, 7) is 0. The van der Waals surface area contributed by atoms with Crippen LogP contribution in [0.15, 0.2) is 24.0 Å². The van der Waals surface area contributed by atoms with Crippen LogP contribution in [0, 0.1) is 0 Å². The van der Waals surface area contributed by atoms with Crippen molar-refractivity contribution in [2.75, 3.05) is 0 Å². The molecule has 0 aromatic rings. The monoisotopic (exact) mass is 156 g/mol. The number of carboxylic acids is 1. The Morgan fingerprint density at radius 1 is 1.64 bits per heavy atom. The van der Waals surface area contributed by atoms with E-state index in [1.54, 1.807) is 0 Å². The van der Waals surface area contributed by atoms with E-state index in [-0.39, 0.29) is 12.2 Å². The smallest absolute Gasteiger partial charge is 0.340 e. The third-order valence-electron chi connectivity index (χ3n) is 1.48. The van der Waals surface area contributed by atoms with Gasteiger partial charge in [-0.3, -0.25) is 0 Å². The predicted octanol–water partition coefficient (Wildman–Crippen LogP) is 0.204. The molecule has 11 heavy (non-hydrogen) atoms. The minimum absolute atomic E-state index is 0.127. The van der Waals surface area contributed by atoms with Crippen molar-refractivity contribution in [3.63, 3.8) is 0 Å². The number of rotatable bonds is 1. The minimum atomic E-state index is -1.93. The first-order valence-corrected chi connectivity index (χ1v) is 3.08. The molecule has 1 aliphatic rings. The summed E-state index contributed by atoms with van der Waals surface area (Å²) in [4.78, 5) is 10.4. The van der Waals surface area contributed by atoms with Gasteiger partial charge in [0, 0.05) is 6.42 Å². The van der Waals surface area contributed by atoms with Gasteiger partial charge in [0.1, 0.15) is 0 Å². The molecule has 0 saturated heterocycles. The Kier molecular flexibility index (Phi) is 1.70. The molecule has 0 heterocycles. The molecule has 60 valence electrons. The van der Waals surface area contributed by atoms with Gasteiger partial charge in [-0.05, 0) is 12.2 Å². The van der Waals surface area contributed by atoms with E-state index in [0.29, 0.717) is 0 Å². The molecule has 0 spiro atoms. The molecule has 0 saturated carbocycles. The standard InChI is InChI=1S/C7H8O4/c8-5-2-1-3-7(11,4-5)6(9)10/h1-3,8,11H,4H2,(H,9,10)/t7-/m1/s1. The van der Waals surface area contributed by atoms with Crippen molar-refractivity contribution in [1.29, 1.82) is 0 Å². The molecule has 0 aliphatic heterocycles. The lowest BCUT2D eigenvalue weighted by atomic mass is 9.94. The number of hydrogen-bond acceptors (Lipinski definition) is 3. The zero-order chi connectivity index (χ0) is 8.48. The Morgan fingerprint density at radius 3 is 2.64 bits per heavy atom. The van der Waals surface area contributed by atoms with E-state index in [1.807, 2.05) is 0 Å². The highest BCUT2D eigenvalue weighted by Gasteiger charge is 2.35. The number of aliphatic carboxylic acids is 1. The molecule has 0 fully saturated rings. The molecule has 1 atom stereocenters. The van der Waals surface area contributed by atoms with Crippen LogP contribution >= 0.6 is 0 Å². The average Bonchev–Trinajstić information content (AvgIpc) is 1.86. The SMILES string of the molecule is O=C(O)[C@@]1(O)C=CC=C(O)C1. The predicted molar refractivity (Wildman–Crippen MR) is 37.1 cm³/mol. The van der Waals surface area contributed by atoms with Gasteiger partial charge in [-0.15, -0.1) is 0 Å². The maximum atomic E-state index is 10.4. The minimum Gasteiger partial charge on any atom is -0.512 e. The van der Waals surface area contributed by atoms with E-state index >= 15 is 0 Å². The molecule has 1 rings (SSSR count). The molecule has 0 aromatic carbocycles. The van der Waals surface area contributed by atoms with Crippen molar-refractivity contribution >= 4 is 5.97 Å². The summed E-state index contributed by atoms with van der Waals surface area (Å²) < 4.78 is 0. The van der Waals surface area contributed by atoms with E-state index in [4.69, 9.17) is 10.2 Å². The summed E-state index contributed by atoms with van der Waals surface area (Å²) in [5.74, 6) is -1.48. The number of carboxylic acid groups (broad SMARTS) is 1. The molecule has 4 nitrogen and oxygen atoms in total. The van der Waals surface area contributed by atoms with Gasteiger partial charge >= 0.3 is 5.97 Å². The molecule has 0 unspecified atom stereocenters. The molecule has 0 bridgehead atoms. The first-order valence-electron chi connectivity index (χ1n) is 3.08. The summed E-state index contributed by atoms with van der Waals surface area (Å²) in [6.07, 6.45) is 3.53. The lowest BCUT2D eigenvalue weighted by Crippen LogP contribution is -2.37. The fourth-order valence-corrected chi connectivity index (χ4v) is 0.859. The van der Waals surface area contributed by atoms with Crippen molar-refractivity contribution in [2.24, 2.45) is 0 Å². The Labute approximate surface area is 63.1 Å². The van der Waals surface area contributed by atoms with Gasteiger partial charge in [0.25, 0.3) is 0 Å². The fourth-order valence-electron chi connectivity index (χ4n) is 0.859. The largest absolute Gasteiger partial charge is 0.512 e. The maximum absolute atomic E-state index is 10.4. The number of hydrogen-bond donors (Lipinski definition) is 3. The summed E-state index contributed by atoms with van der Waals surface area (Å²) in [5, 5.41) is 26.6. The average molecular weight is 156 g/mol. The molecule has 4 heteroatoms. The quantitative estimate of drug-likeness (QED) is 0.507. The molecule has 0 amide bonds. The first kappa shape index (κ1) is 7.81. The zero-order valence-corrected chi connectivity index (χ0v) is 5.69. The zero-order valence-electron chi connectivity index (χ0n) is 5.69. The molecule has 0 aromatic heterocycles. The van der Waals surface area contributed by atoms with Gasteiger partial charge in [0.2, 0.25) is 0 Å². The summed E-state index contributed by atoms with van der Waals surface area (Å²) in [5.41, 5.74) is -1.93. The van der Waals surface area contributed by atoms with Gasteiger partial charge in [-0.1, -0.05) is 6.08 Å². The second-order valence-corrected chi connectivity index (χ2v) is 2.42. The van der Waals surface area contributed by atoms with Crippen molar-refractivity contribution in [3.8, 4) is 0 Å². The molecular formula is C7H8O4. The van der Waals surface area contributed by atoms with Gasteiger partial charge < -0.3 is 15.3 Å². The molecular weight excluding hydrogens is 148 g/mol. The van der Waals surface area contributed by atoms with Crippen LogP contribution in [0.25, 0.3) is 0 Å². The van der Waals surface area contributed by atoms with Crippen molar-refractivity contribution in [2.45, 2.75) is 12.0 Å². The van der Waals surface area contributed by atoms with Crippen molar-refractivity contribution in [1.82, 2.24) is 0 Å². The fraction of sp³-hybridized carbons (Fsp3) is 0.286. The van der Waals surface area contributed by atoms with Gasteiger partial charge in [0.05, 0.1) is 5.76 Å². The third kappa shape index (κ3) is 1.40. The van der Waals surface area contributed by atoms with Crippen molar-refractivity contribution < 1.29 is 20.1 Å². The Balaban J connectivity index is 2.86. The Hall–Kier alpha value is -1.29. The van der Waals surface area contributed by atoms with Crippen LogP contribution in [0.4, 0.5) is 0 Å². The van der Waals surface area contributed by atoms with Crippen LogP contribution in [-0.4, -0.2) is 26.9 Å². The first-order chi connectivity index (χ1) is 5.04. The highest BCUT2D eigenvalue weighted by atomic mass is 16.4. The third-order valence-corrected chi connectivity index (χ3v) is 1.48. The van der Waals surface area contributed by atoms with Crippen LogP contribution in [0.1, 0.15) is 6.42 Å². The lowest BCUT2D eigenvalue weighted by molar-refractivity contribution is -0.153. The van der Waals surface area contributed by atoms with Gasteiger partial charge in [-0.25, -0.2) is 4.79 Å². The van der Waals surface area contributed by atoms with Gasteiger partial charge in [-0.2, -0.15) is 0 Å². The Morgan fingerprint density at radius 2 is 2.27 bits per heavy atom. The summed E-state index contributed by atoms with van der Waals surface area (Å²) in [7, 11) is 0. The number of carbonyl (C=O) groups is 1. The normalized spacial score (nSPS) is 29.7. The van der Waals surface area contributed by atoms with E-state index in [9.17, 15) is 9.90 Å². The topological polar surface area (TPSA) is 77.8 Å². The highest BCUT2D eigenvalue weighted by molar-refractivity contribution is 5.80. The second kappa shape index (κ2) is 2.39. The van der Waals surface area contributed by atoms with Crippen LogP contribution in [0.3, 0.4) is 0 Å². The second-order valence-electron chi connectivity index (χ2n) is 2.42. The summed E-state index contributed by atoms with van der Waals surface area (Å²) >= 11 is 0. The Bertz CT molecular complexity index is 241. The van der Waals surface area contributed by atoms with Gasteiger partial charge in [0.15, 0.2) is 5.60 Å². The molecule has 3 N–H and O–H groups in total. The lowest BCUT2D eigenvalue weighted by Gasteiger charge is -2.20. The number of allylic oxidation sites excluding steroid dienone is 2. The van der Waals surface area contributed by atoms with E-state index in [1.165, 1.54) is 12.2 Å². The van der Waals surface area contributed by atoms with E-state index in [2.05, 4.69) is 0 Å². The number of aliphatic hydroxyl groups is 2.